The molecule has 28 heavy (non-hydrogen) atoms. The van der Waals surface area contributed by atoms with Gasteiger partial charge in [0.2, 0.25) is 0 Å². The Morgan fingerprint density at radius 2 is 2.11 bits per heavy atom. The second kappa shape index (κ2) is 8.96. The van der Waals surface area contributed by atoms with Gasteiger partial charge in [-0.05, 0) is 47.6 Å². The third-order valence-corrected chi connectivity index (χ3v) is 4.31. The van der Waals surface area contributed by atoms with E-state index in [1.807, 2.05) is 13.8 Å². The van der Waals surface area contributed by atoms with Gasteiger partial charge in [0.25, 0.3) is 0 Å². The zero-order valence-electron chi connectivity index (χ0n) is 17.8. The van der Waals surface area contributed by atoms with E-state index in [2.05, 4.69) is 5.32 Å². The summed E-state index contributed by atoms with van der Waals surface area (Å²) < 4.78 is 33.9. The van der Waals surface area contributed by atoms with Gasteiger partial charge in [-0.3, -0.25) is 0 Å². The fourth-order valence-corrected chi connectivity index (χ4v) is 3.21. The Morgan fingerprint density at radius 3 is 2.64 bits per heavy atom. The molecule has 162 valence electrons. The highest BCUT2D eigenvalue weighted by molar-refractivity contribution is 5.68. The molecule has 0 aromatic rings. The van der Waals surface area contributed by atoms with E-state index >= 15 is 0 Å². The first-order valence-corrected chi connectivity index (χ1v) is 9.44. The van der Waals surface area contributed by atoms with Gasteiger partial charge in [-0.2, -0.15) is 0 Å². The van der Waals surface area contributed by atoms with Crippen LogP contribution in [0, 0.1) is 0 Å². The second-order valence-electron chi connectivity index (χ2n) is 8.51. The van der Waals surface area contributed by atoms with Crippen molar-refractivity contribution in [1.82, 2.24) is 5.32 Å². The van der Waals surface area contributed by atoms with E-state index < -0.39 is 47.9 Å². The highest BCUT2D eigenvalue weighted by Crippen LogP contribution is 2.30. The first-order valence-electron chi connectivity index (χ1n) is 9.44. The quantitative estimate of drug-likeness (QED) is 0.645. The molecule has 1 saturated heterocycles. The first-order chi connectivity index (χ1) is 12.9. The van der Waals surface area contributed by atoms with Gasteiger partial charge >= 0.3 is 6.09 Å². The van der Waals surface area contributed by atoms with E-state index in [1.54, 1.807) is 33.8 Å². The van der Waals surface area contributed by atoms with Crippen molar-refractivity contribution in [2.45, 2.75) is 83.3 Å². The summed E-state index contributed by atoms with van der Waals surface area (Å²) in [6.45, 7) is 11.2. The number of amides is 1. The molecule has 9 heteroatoms. The lowest BCUT2D eigenvalue weighted by Gasteiger charge is -2.40. The molecule has 0 aromatic heterocycles. The molecule has 5 atom stereocenters. The molecule has 0 spiro atoms. The molecule has 0 radical (unpaired) electrons. The number of nitrogens with one attached hydrogen (secondary N) is 1. The molecule has 0 unspecified atom stereocenters. The van der Waals surface area contributed by atoms with E-state index in [4.69, 9.17) is 34.2 Å². The fourth-order valence-electron chi connectivity index (χ4n) is 3.21. The Morgan fingerprint density at radius 1 is 1.43 bits per heavy atom. The Bertz CT molecular complexity index is 573. The van der Waals surface area contributed by atoms with Crippen molar-refractivity contribution in [2.75, 3.05) is 20.5 Å². The first kappa shape index (κ1) is 22.9. The number of hydrogen-bond donors (Lipinski definition) is 2. The van der Waals surface area contributed by atoms with E-state index in [1.165, 1.54) is 7.11 Å². The standard InChI is InChI=1S/C19H34N2O7/c1-11-8-12(21-17(22)28-18(2,3)4)14(20)16(26-11)15(24-10-23-7)13-9-25-19(5,6)27-13/h8,12-16H,9-10,20H2,1-7H3,(H,21,22)/t12-,13+,14+,15+,16+/m0/s1. The summed E-state index contributed by atoms with van der Waals surface area (Å²) in [7, 11) is 1.53. The molecule has 2 heterocycles. The van der Waals surface area contributed by atoms with Gasteiger partial charge < -0.3 is 39.5 Å². The van der Waals surface area contributed by atoms with Crippen LogP contribution in [0.4, 0.5) is 4.79 Å². The average Bonchev–Trinajstić information content (AvgIpc) is 2.89. The minimum Gasteiger partial charge on any atom is -0.491 e. The van der Waals surface area contributed by atoms with Crippen LogP contribution >= 0.6 is 0 Å². The zero-order chi connectivity index (χ0) is 21.1. The lowest BCUT2D eigenvalue weighted by molar-refractivity contribution is -0.193. The molecule has 1 amide bonds. The SMILES string of the molecule is COCO[C@@H]([C@@H]1OC(C)=C[C@H](NC(=O)OC(C)(C)C)[C@H]1N)[C@H]1COC(C)(C)O1. The Balaban J connectivity index is 2.15. The van der Waals surface area contributed by atoms with Crippen molar-refractivity contribution in [2.24, 2.45) is 5.73 Å². The summed E-state index contributed by atoms with van der Waals surface area (Å²) >= 11 is 0. The maximum Gasteiger partial charge on any atom is 0.408 e. The molecule has 2 aliphatic heterocycles. The fraction of sp³-hybridized carbons (Fsp3) is 0.842. The van der Waals surface area contributed by atoms with Gasteiger partial charge in [0.1, 0.15) is 30.7 Å². The molecule has 2 aliphatic rings. The van der Waals surface area contributed by atoms with Crippen LogP contribution in [0.5, 0.6) is 0 Å². The van der Waals surface area contributed by atoms with E-state index in [0.717, 1.165) is 0 Å². The highest BCUT2D eigenvalue weighted by atomic mass is 16.8. The summed E-state index contributed by atoms with van der Waals surface area (Å²) in [5.74, 6) is -0.103. The zero-order valence-corrected chi connectivity index (χ0v) is 17.8. The number of nitrogens with two attached hydrogens (primary N) is 1. The minimum atomic E-state index is -0.725. The van der Waals surface area contributed by atoms with Gasteiger partial charge in [-0.15, -0.1) is 0 Å². The van der Waals surface area contributed by atoms with Crippen LogP contribution in [-0.2, 0) is 28.4 Å². The lowest BCUT2D eigenvalue weighted by Crippen LogP contribution is -2.61. The highest BCUT2D eigenvalue weighted by Gasteiger charge is 2.47. The molecule has 9 nitrogen and oxygen atoms in total. The van der Waals surface area contributed by atoms with Crippen molar-refractivity contribution < 1.29 is 33.2 Å². The number of alkyl carbamates (subject to hydrolysis) is 1. The normalized spacial score (nSPS) is 30.9. The predicted octanol–water partition coefficient (Wildman–Crippen LogP) is 1.65. The topological polar surface area (TPSA) is 110 Å². The molecular weight excluding hydrogens is 368 g/mol. The number of rotatable bonds is 6. The van der Waals surface area contributed by atoms with Gasteiger partial charge in [-0.25, -0.2) is 4.79 Å². The number of allylic oxidation sites excluding steroid dienone is 1. The summed E-state index contributed by atoms with van der Waals surface area (Å²) in [6.07, 6.45) is -0.317. The predicted molar refractivity (Wildman–Crippen MR) is 101 cm³/mol. The second-order valence-corrected chi connectivity index (χ2v) is 8.51. The number of carbonyl (C=O) groups is 1. The summed E-state index contributed by atoms with van der Waals surface area (Å²) in [6, 6.07) is -1.08. The number of ether oxygens (including phenoxy) is 6. The Labute approximate surface area is 166 Å². The van der Waals surface area contributed by atoms with Crippen LogP contribution in [0.2, 0.25) is 0 Å². The molecule has 0 aromatic carbocycles. The summed E-state index contributed by atoms with van der Waals surface area (Å²) in [4.78, 5) is 12.2. The number of hydrogen-bond acceptors (Lipinski definition) is 8. The van der Waals surface area contributed by atoms with Crippen molar-refractivity contribution >= 4 is 6.09 Å². The largest absolute Gasteiger partial charge is 0.491 e. The molecule has 0 aliphatic carbocycles. The molecule has 0 bridgehead atoms. The lowest BCUT2D eigenvalue weighted by atomic mass is 9.93. The monoisotopic (exact) mass is 402 g/mol. The van der Waals surface area contributed by atoms with Crippen molar-refractivity contribution in [3.05, 3.63) is 11.8 Å². The van der Waals surface area contributed by atoms with Crippen molar-refractivity contribution in [3.63, 3.8) is 0 Å². The van der Waals surface area contributed by atoms with Crippen LogP contribution in [0.25, 0.3) is 0 Å². The Hall–Kier alpha value is -1.39. The molecule has 0 saturated carbocycles. The Kier molecular flexibility index (Phi) is 7.33. The van der Waals surface area contributed by atoms with Gasteiger partial charge in [0, 0.05) is 7.11 Å². The summed E-state index contributed by atoms with van der Waals surface area (Å²) in [5.41, 5.74) is 5.84. The van der Waals surface area contributed by atoms with Crippen LogP contribution < -0.4 is 11.1 Å². The molecule has 3 N–H and O–H groups in total. The van der Waals surface area contributed by atoms with Gasteiger partial charge in [0.15, 0.2) is 5.79 Å². The van der Waals surface area contributed by atoms with Crippen LogP contribution in [-0.4, -0.2) is 68.4 Å². The third-order valence-electron chi connectivity index (χ3n) is 4.31. The van der Waals surface area contributed by atoms with E-state index in [0.29, 0.717) is 12.4 Å². The number of methoxy groups -OCH3 is 1. The third kappa shape index (κ3) is 6.31. The molecular formula is C19H34N2O7. The van der Waals surface area contributed by atoms with Crippen LogP contribution in [0.3, 0.4) is 0 Å². The summed E-state index contributed by atoms with van der Waals surface area (Å²) in [5, 5.41) is 2.80. The maximum atomic E-state index is 12.2. The smallest absolute Gasteiger partial charge is 0.408 e. The van der Waals surface area contributed by atoms with Crippen molar-refractivity contribution in [3.8, 4) is 0 Å². The molecule has 2 rings (SSSR count). The molecule has 1 fully saturated rings. The van der Waals surface area contributed by atoms with Gasteiger partial charge in [0.05, 0.1) is 24.4 Å². The minimum absolute atomic E-state index is 0.0461. The maximum absolute atomic E-state index is 12.2. The number of carbonyl (C=O) groups excluding carboxylic acids is 1. The van der Waals surface area contributed by atoms with E-state index in [-0.39, 0.29) is 6.79 Å². The van der Waals surface area contributed by atoms with Crippen molar-refractivity contribution in [1.29, 1.82) is 0 Å². The average molecular weight is 402 g/mol. The van der Waals surface area contributed by atoms with E-state index in [9.17, 15) is 4.79 Å². The van der Waals surface area contributed by atoms with Crippen LogP contribution in [0.1, 0.15) is 41.5 Å². The van der Waals surface area contributed by atoms with Gasteiger partial charge in [-0.1, -0.05) is 0 Å². The van der Waals surface area contributed by atoms with Crippen LogP contribution in [0.15, 0.2) is 11.8 Å².